The van der Waals surface area contributed by atoms with E-state index in [1.807, 2.05) is 12.1 Å². The van der Waals surface area contributed by atoms with E-state index in [0.29, 0.717) is 0 Å². The zero-order chi connectivity index (χ0) is 28.5. The van der Waals surface area contributed by atoms with Gasteiger partial charge in [-0.3, -0.25) is 0 Å². The molecule has 38 heavy (non-hydrogen) atoms. The summed E-state index contributed by atoms with van der Waals surface area (Å²) in [5.41, 5.74) is 4.98. The molecule has 0 saturated carbocycles. The molecule has 2 aromatic carbocycles. The first-order valence-corrected chi connectivity index (χ1v) is 10.2. The molecule has 2 aliphatic carbocycles. The predicted octanol–water partition coefficient (Wildman–Crippen LogP) is 9.56. The van der Waals surface area contributed by atoms with Gasteiger partial charge in [-0.15, -0.1) is 47.5 Å². The first-order chi connectivity index (χ1) is 16.9. The van der Waals surface area contributed by atoms with Gasteiger partial charge in [-0.1, -0.05) is 49.2 Å². The van der Waals surface area contributed by atoms with Gasteiger partial charge in [0.25, 0.3) is 0 Å². The van der Waals surface area contributed by atoms with E-state index in [1.165, 1.54) is 22.3 Å². The van der Waals surface area contributed by atoms with Crippen molar-refractivity contribution in [2.75, 3.05) is 0 Å². The Bertz CT molecular complexity index is 902. The minimum Gasteiger partial charge on any atom is -0.418 e. The average Bonchev–Trinajstić information content (AvgIpc) is 3.47. The second-order valence-corrected chi connectivity index (χ2v) is 6.61. The maximum absolute atomic E-state index is 9.75. The summed E-state index contributed by atoms with van der Waals surface area (Å²) in [6, 6.07) is 20.7. The molecule has 0 unspecified atom stereocenters. The third-order valence-electron chi connectivity index (χ3n) is 3.56. The minimum atomic E-state index is -6.00. The third-order valence-corrected chi connectivity index (χ3v) is 3.56. The molecule has 0 nitrogen and oxygen atoms in total. The van der Waals surface area contributed by atoms with Crippen LogP contribution in [0.25, 0.3) is 11.1 Å². The smallest absolute Gasteiger partial charge is 0.418 e. The molecule has 0 saturated heterocycles. The van der Waals surface area contributed by atoms with Crippen molar-refractivity contribution >= 4 is 32.9 Å². The van der Waals surface area contributed by atoms with Crippen molar-refractivity contribution < 1.29 is 69.1 Å². The second kappa shape index (κ2) is 18.5. The van der Waals surface area contributed by atoms with Gasteiger partial charge in [0, 0.05) is 0 Å². The van der Waals surface area contributed by atoms with Gasteiger partial charge in [-0.05, 0) is 0 Å². The zero-order valence-electron chi connectivity index (χ0n) is 19.2. The number of benzene rings is 2. The fourth-order valence-electron chi connectivity index (χ4n) is 2.44. The van der Waals surface area contributed by atoms with Crippen molar-refractivity contribution in [2.45, 2.75) is 12.8 Å². The van der Waals surface area contributed by atoms with Crippen molar-refractivity contribution in [1.82, 2.24) is 0 Å². The summed E-state index contributed by atoms with van der Waals surface area (Å²) in [6.45, 7) is 0. The Labute approximate surface area is 223 Å². The van der Waals surface area contributed by atoms with Crippen LogP contribution < -0.4 is 0 Å². The molecular formula is C22H18B3CrF12. The first-order valence-electron chi connectivity index (χ1n) is 10.2. The molecule has 2 aliphatic rings. The SMILES string of the molecule is F[B-](F)(F)F.F[B-](F)(F)F.F[B-](F)(F)F.[C-]1=C(c2ccccc2)C=CC1.[C-]1=C(c2ccccc2)C=CC1.[Cr+5]. The molecule has 0 fully saturated rings. The number of halogens is 12. The monoisotopic (exact) mass is 595 g/mol. The van der Waals surface area contributed by atoms with Crippen molar-refractivity contribution in [2.24, 2.45) is 0 Å². The molecule has 0 atom stereocenters. The maximum Gasteiger partial charge on any atom is 5.00 e. The molecule has 2 aromatic rings. The topological polar surface area (TPSA) is 0 Å². The van der Waals surface area contributed by atoms with Crippen molar-refractivity contribution in [1.29, 1.82) is 0 Å². The van der Waals surface area contributed by atoms with E-state index in [-0.39, 0.29) is 17.4 Å². The van der Waals surface area contributed by atoms with Gasteiger partial charge >= 0.3 is 39.1 Å². The summed E-state index contributed by atoms with van der Waals surface area (Å²) in [6.07, 6.45) is 17.0. The summed E-state index contributed by atoms with van der Waals surface area (Å²) < 4.78 is 117. The van der Waals surface area contributed by atoms with Gasteiger partial charge in [0.2, 0.25) is 0 Å². The van der Waals surface area contributed by atoms with Crippen LogP contribution in [0.4, 0.5) is 51.8 Å². The second-order valence-electron chi connectivity index (χ2n) is 6.61. The van der Waals surface area contributed by atoms with Gasteiger partial charge in [0.15, 0.2) is 0 Å². The van der Waals surface area contributed by atoms with Crippen LogP contribution in [0.5, 0.6) is 0 Å². The molecule has 1 radical (unpaired) electrons. The van der Waals surface area contributed by atoms with Crippen LogP contribution in [0, 0.1) is 12.2 Å². The quantitative estimate of drug-likeness (QED) is 0.185. The summed E-state index contributed by atoms with van der Waals surface area (Å²) in [5.74, 6) is 0. The van der Waals surface area contributed by atoms with Gasteiger partial charge in [-0.2, -0.15) is 35.5 Å². The van der Waals surface area contributed by atoms with Crippen LogP contribution >= 0.6 is 0 Å². The van der Waals surface area contributed by atoms with Crippen molar-refractivity contribution in [3.05, 3.63) is 108 Å². The third kappa shape index (κ3) is 27.9. The molecule has 0 spiro atoms. The molecule has 0 aliphatic heterocycles. The van der Waals surface area contributed by atoms with Gasteiger partial charge in [0.1, 0.15) is 0 Å². The maximum atomic E-state index is 9.75. The van der Waals surface area contributed by atoms with Crippen LogP contribution in [-0.4, -0.2) is 21.8 Å². The fraction of sp³-hybridized carbons (Fsp3) is 0.0909. The molecule has 0 bridgehead atoms. The summed E-state index contributed by atoms with van der Waals surface area (Å²) >= 11 is 0. The standard InChI is InChI=1S/2C11H9.3BF4.Cr/c2*1-2-6-10(7-3-1)11-8-4-5-9-11;3*2-1(3,4)5;/h2*1-4,6-8H,5H2;;;;/q5*-1;+5. The Kier molecular flexibility index (Phi) is 18.3. The summed E-state index contributed by atoms with van der Waals surface area (Å²) in [5, 5.41) is 0. The van der Waals surface area contributed by atoms with Crippen LogP contribution in [0.3, 0.4) is 0 Å². The van der Waals surface area contributed by atoms with E-state index < -0.39 is 21.8 Å². The number of hydrogen-bond acceptors (Lipinski definition) is 0. The molecule has 205 valence electrons. The Morgan fingerprint density at radius 2 is 0.684 bits per heavy atom. The van der Waals surface area contributed by atoms with Crippen molar-refractivity contribution in [3.8, 4) is 0 Å². The number of allylic oxidation sites excluding steroid dienone is 8. The van der Waals surface area contributed by atoms with Gasteiger partial charge in [-0.25, -0.2) is 0 Å². The molecule has 0 aromatic heterocycles. The summed E-state index contributed by atoms with van der Waals surface area (Å²) in [4.78, 5) is 0. The Hall–Kier alpha value is -2.71. The first kappa shape index (κ1) is 37.4. The normalized spacial score (nSPS) is 13.5. The predicted molar refractivity (Wildman–Crippen MR) is 124 cm³/mol. The van der Waals surface area contributed by atoms with Gasteiger partial charge < -0.3 is 51.8 Å². The van der Waals surface area contributed by atoms with E-state index in [9.17, 15) is 51.8 Å². The van der Waals surface area contributed by atoms with E-state index in [4.69, 9.17) is 0 Å². The minimum absolute atomic E-state index is 0. The van der Waals surface area contributed by atoms with E-state index in [1.54, 1.807) is 0 Å². The molecule has 0 heterocycles. The number of rotatable bonds is 2. The van der Waals surface area contributed by atoms with Crippen LogP contribution in [0.1, 0.15) is 24.0 Å². The largest absolute Gasteiger partial charge is 5.00 e. The van der Waals surface area contributed by atoms with E-state index in [2.05, 4.69) is 85.0 Å². The van der Waals surface area contributed by atoms with Gasteiger partial charge in [0.05, 0.1) is 0 Å². The summed E-state index contributed by atoms with van der Waals surface area (Å²) in [7, 11) is -18.0. The van der Waals surface area contributed by atoms with E-state index in [0.717, 1.165) is 12.8 Å². The average molecular weight is 595 g/mol. The molecular weight excluding hydrogens is 577 g/mol. The Balaban J connectivity index is 0. The van der Waals surface area contributed by atoms with Crippen LogP contribution in [-0.2, 0) is 17.4 Å². The molecule has 0 amide bonds. The molecule has 0 N–H and O–H groups in total. The zero-order valence-corrected chi connectivity index (χ0v) is 20.4. The molecule has 4 rings (SSSR count). The molecule has 16 heteroatoms. The van der Waals surface area contributed by atoms with Crippen molar-refractivity contribution in [3.63, 3.8) is 0 Å². The Morgan fingerprint density at radius 1 is 0.447 bits per heavy atom. The number of hydrogen-bond donors (Lipinski definition) is 0. The van der Waals surface area contributed by atoms with E-state index >= 15 is 0 Å². The van der Waals surface area contributed by atoms with Crippen LogP contribution in [0.2, 0.25) is 0 Å². The van der Waals surface area contributed by atoms with Crippen LogP contribution in [0.15, 0.2) is 85.0 Å². The fourth-order valence-corrected chi connectivity index (χ4v) is 2.44. The Morgan fingerprint density at radius 3 is 0.868 bits per heavy atom.